The maximum atomic E-state index is 12.6. The number of benzene rings is 2. The molecule has 0 bridgehead atoms. The third-order valence-electron chi connectivity index (χ3n) is 6.14. The fourth-order valence-electron chi connectivity index (χ4n) is 4.37. The van der Waals surface area contributed by atoms with Crippen molar-refractivity contribution in [1.29, 1.82) is 0 Å². The van der Waals surface area contributed by atoms with Crippen molar-refractivity contribution in [2.24, 2.45) is 0 Å². The fourth-order valence-corrected chi connectivity index (χ4v) is 5.31. The van der Waals surface area contributed by atoms with Gasteiger partial charge in [0.1, 0.15) is 5.75 Å². The van der Waals surface area contributed by atoms with Crippen molar-refractivity contribution >= 4 is 17.5 Å². The molecule has 1 atom stereocenters. The highest BCUT2D eigenvalue weighted by atomic mass is 32.2. The number of thioether (sulfide) groups is 1. The number of hydrogen-bond acceptors (Lipinski definition) is 5. The molecule has 166 valence electrons. The molecule has 5 nitrogen and oxygen atoms in total. The van der Waals surface area contributed by atoms with E-state index in [0.29, 0.717) is 12.2 Å². The zero-order valence-corrected chi connectivity index (χ0v) is 19.3. The van der Waals surface area contributed by atoms with Crippen LogP contribution in [0.1, 0.15) is 52.6 Å². The van der Waals surface area contributed by atoms with E-state index in [-0.39, 0.29) is 5.78 Å². The summed E-state index contributed by atoms with van der Waals surface area (Å²) in [6, 6.07) is 18.0. The van der Waals surface area contributed by atoms with Crippen molar-refractivity contribution in [3.05, 3.63) is 107 Å². The zero-order chi connectivity index (χ0) is 22.7. The van der Waals surface area contributed by atoms with Gasteiger partial charge in [-0.3, -0.25) is 9.78 Å². The summed E-state index contributed by atoms with van der Waals surface area (Å²) in [5.41, 5.74) is 3.21. The molecule has 0 unspecified atom stereocenters. The predicted molar refractivity (Wildman–Crippen MR) is 130 cm³/mol. The number of fused-ring (bicyclic) bond motifs is 1. The zero-order valence-electron chi connectivity index (χ0n) is 18.5. The summed E-state index contributed by atoms with van der Waals surface area (Å²) < 4.78 is 6.82. The number of hydrogen-bond donors (Lipinski definition) is 1. The first-order valence-electron chi connectivity index (χ1n) is 11.1. The molecule has 1 aliphatic rings. The maximum Gasteiger partial charge on any atom is 0.188 e. The van der Waals surface area contributed by atoms with Gasteiger partial charge in [-0.15, -0.1) is 11.8 Å². The molecule has 0 radical (unpaired) electrons. The van der Waals surface area contributed by atoms with Gasteiger partial charge in [0.2, 0.25) is 0 Å². The van der Waals surface area contributed by atoms with Crippen LogP contribution in [0.2, 0.25) is 0 Å². The highest BCUT2D eigenvalue weighted by Crippen LogP contribution is 2.40. The van der Waals surface area contributed by atoms with Crippen molar-refractivity contribution in [2.75, 3.05) is 0 Å². The van der Waals surface area contributed by atoms with E-state index in [4.69, 9.17) is 4.74 Å². The Morgan fingerprint density at radius 3 is 2.61 bits per heavy atom. The smallest absolute Gasteiger partial charge is 0.188 e. The second-order valence-electron chi connectivity index (χ2n) is 8.26. The van der Waals surface area contributed by atoms with Crippen LogP contribution in [0, 0.1) is 0 Å². The first kappa shape index (κ1) is 21.5. The highest BCUT2D eigenvalue weighted by Gasteiger charge is 2.35. The molecular weight excluding hydrogens is 430 g/mol. The Labute approximate surface area is 197 Å². The molecule has 0 spiro atoms. The second kappa shape index (κ2) is 9.24. The minimum absolute atomic E-state index is 0.217. The van der Waals surface area contributed by atoms with Gasteiger partial charge in [-0.2, -0.15) is 0 Å². The largest absolute Gasteiger partial charge is 0.475 e. The average Bonchev–Trinajstić information content (AvgIpc) is 3.40. The summed E-state index contributed by atoms with van der Waals surface area (Å²) >= 11 is 1.73. The summed E-state index contributed by atoms with van der Waals surface area (Å²) in [7, 11) is 0. The van der Waals surface area contributed by atoms with Crippen LogP contribution in [-0.2, 0) is 17.8 Å². The number of carbonyl (C=O) groups excluding carboxylic acids is 1. The van der Waals surface area contributed by atoms with Crippen LogP contribution in [0.4, 0.5) is 0 Å². The Kier molecular flexibility index (Phi) is 6.01. The molecule has 5 rings (SSSR count). The number of H-pyrrole nitrogens is 1. The number of carbonyl (C=O) groups is 1. The SMILES string of the molecule is C[C@](Oc1ccc2c(c1CSc1ccncc1)CCCC2=O)(c1ccccc1)c1ncc[nH]1. The summed E-state index contributed by atoms with van der Waals surface area (Å²) in [4.78, 5) is 25.7. The Hall–Kier alpha value is -3.38. The molecule has 6 heteroatoms. The van der Waals surface area contributed by atoms with E-state index < -0.39 is 5.60 Å². The van der Waals surface area contributed by atoms with Crippen molar-refractivity contribution in [2.45, 2.75) is 42.4 Å². The van der Waals surface area contributed by atoms with E-state index >= 15 is 0 Å². The Balaban J connectivity index is 1.58. The third kappa shape index (κ3) is 4.31. The monoisotopic (exact) mass is 455 g/mol. The number of Topliss-reactive ketones (excluding diaryl/α,β-unsaturated/α-hetero) is 1. The van der Waals surface area contributed by atoms with Crippen LogP contribution in [-0.4, -0.2) is 20.7 Å². The van der Waals surface area contributed by atoms with Crippen molar-refractivity contribution in [1.82, 2.24) is 15.0 Å². The molecule has 0 saturated heterocycles. The Morgan fingerprint density at radius 1 is 1.03 bits per heavy atom. The van der Waals surface area contributed by atoms with Gasteiger partial charge in [-0.25, -0.2) is 4.98 Å². The number of aromatic amines is 1. The quantitative estimate of drug-likeness (QED) is 0.348. The maximum absolute atomic E-state index is 12.6. The third-order valence-corrected chi connectivity index (χ3v) is 7.18. The van der Waals surface area contributed by atoms with E-state index in [1.54, 1.807) is 30.4 Å². The molecule has 0 saturated carbocycles. The minimum Gasteiger partial charge on any atom is -0.475 e. The summed E-state index contributed by atoms with van der Waals surface area (Å²) in [5.74, 6) is 2.44. The molecule has 2 aromatic carbocycles. The molecule has 33 heavy (non-hydrogen) atoms. The van der Waals surface area contributed by atoms with Crippen molar-refractivity contribution in [3.63, 3.8) is 0 Å². The number of rotatable bonds is 7. The van der Waals surface area contributed by atoms with Crippen LogP contribution < -0.4 is 4.74 Å². The number of nitrogens with one attached hydrogen (secondary N) is 1. The van der Waals surface area contributed by atoms with Crippen LogP contribution in [0.15, 0.2) is 84.3 Å². The standard InChI is InChI=1S/C27H25N3O2S/c1-27(26-29-16-17-30-26,19-6-3-2-4-7-19)32-25-11-10-22-21(8-5-9-24(22)31)23(25)18-33-20-12-14-28-15-13-20/h2-4,6-7,10-17H,5,8-9,18H2,1H3,(H,29,30)/t27-/m0/s1. The number of nitrogens with zero attached hydrogens (tertiary/aromatic N) is 2. The Bertz CT molecular complexity index is 1240. The van der Waals surface area contributed by atoms with Gasteiger partial charge in [0, 0.05) is 58.5 Å². The van der Waals surface area contributed by atoms with Gasteiger partial charge in [0.05, 0.1) is 0 Å². The van der Waals surface area contributed by atoms with Gasteiger partial charge in [-0.05, 0) is 49.6 Å². The second-order valence-corrected chi connectivity index (χ2v) is 9.30. The first-order valence-corrected chi connectivity index (χ1v) is 12.1. The lowest BCUT2D eigenvalue weighted by molar-refractivity contribution is 0.0971. The van der Waals surface area contributed by atoms with E-state index in [1.165, 1.54) is 0 Å². The number of ketones is 1. The summed E-state index contributed by atoms with van der Waals surface area (Å²) in [6.07, 6.45) is 9.51. The molecule has 0 fully saturated rings. The number of imidazole rings is 1. The molecule has 1 N–H and O–H groups in total. The number of pyridine rings is 1. The molecular formula is C27H25N3O2S. The van der Waals surface area contributed by atoms with Crippen molar-refractivity contribution in [3.8, 4) is 5.75 Å². The summed E-state index contributed by atoms with van der Waals surface area (Å²) in [5, 5.41) is 0. The van der Waals surface area contributed by atoms with Gasteiger partial charge in [0.25, 0.3) is 0 Å². The fraction of sp³-hybridized carbons (Fsp3) is 0.222. The van der Waals surface area contributed by atoms with Crippen LogP contribution >= 0.6 is 11.8 Å². The van der Waals surface area contributed by atoms with E-state index in [2.05, 4.69) is 27.1 Å². The molecule has 2 aromatic heterocycles. The molecule has 4 aromatic rings. The highest BCUT2D eigenvalue weighted by molar-refractivity contribution is 7.98. The van der Waals surface area contributed by atoms with E-state index in [1.807, 2.05) is 55.6 Å². The van der Waals surface area contributed by atoms with E-state index in [0.717, 1.165) is 51.6 Å². The molecule has 0 aliphatic heterocycles. The molecule has 2 heterocycles. The van der Waals surface area contributed by atoms with Crippen LogP contribution in [0.25, 0.3) is 0 Å². The van der Waals surface area contributed by atoms with Gasteiger partial charge < -0.3 is 9.72 Å². The van der Waals surface area contributed by atoms with Crippen LogP contribution in [0.3, 0.4) is 0 Å². The normalized spacial score (nSPS) is 15.0. The lowest BCUT2D eigenvalue weighted by Crippen LogP contribution is -2.33. The predicted octanol–water partition coefficient (Wildman–Crippen LogP) is 5.96. The lowest BCUT2D eigenvalue weighted by Gasteiger charge is -2.32. The first-order chi connectivity index (χ1) is 16.1. The molecule has 1 aliphatic carbocycles. The van der Waals surface area contributed by atoms with E-state index in [9.17, 15) is 4.79 Å². The average molecular weight is 456 g/mol. The molecule has 0 amide bonds. The van der Waals surface area contributed by atoms with Gasteiger partial charge in [-0.1, -0.05) is 30.3 Å². The van der Waals surface area contributed by atoms with Crippen LogP contribution in [0.5, 0.6) is 5.75 Å². The number of ether oxygens (including phenoxy) is 1. The minimum atomic E-state index is -0.812. The topological polar surface area (TPSA) is 67.9 Å². The summed E-state index contributed by atoms with van der Waals surface area (Å²) in [6.45, 7) is 2.03. The Morgan fingerprint density at radius 2 is 1.85 bits per heavy atom. The van der Waals surface area contributed by atoms with Gasteiger partial charge in [0.15, 0.2) is 17.2 Å². The van der Waals surface area contributed by atoms with Gasteiger partial charge >= 0.3 is 0 Å². The lowest BCUT2D eigenvalue weighted by atomic mass is 9.87. The number of aromatic nitrogens is 3. The van der Waals surface area contributed by atoms with Crippen molar-refractivity contribution < 1.29 is 9.53 Å².